The van der Waals surface area contributed by atoms with Crippen molar-refractivity contribution in [2.75, 3.05) is 12.4 Å². The Kier molecular flexibility index (Phi) is 5.58. The summed E-state index contributed by atoms with van der Waals surface area (Å²) in [6.45, 7) is 5.06. The third-order valence-corrected chi connectivity index (χ3v) is 4.84. The highest BCUT2D eigenvalue weighted by Crippen LogP contribution is 2.22. The van der Waals surface area contributed by atoms with Crippen molar-refractivity contribution in [1.82, 2.24) is 9.78 Å². The summed E-state index contributed by atoms with van der Waals surface area (Å²) in [7, 11) is 1.63. The largest absolute Gasteiger partial charge is 0.497 e. The minimum absolute atomic E-state index is 0.135. The smallest absolute Gasteiger partial charge is 0.265 e. The maximum Gasteiger partial charge on any atom is 0.265 e. The van der Waals surface area contributed by atoms with E-state index in [1.54, 1.807) is 11.8 Å². The summed E-state index contributed by atoms with van der Waals surface area (Å²) in [5, 5.41) is 9.18. The molecule has 0 spiro atoms. The Bertz CT molecular complexity index is 884. The molecular weight excluding hydrogens is 350 g/mol. The first-order valence-electron chi connectivity index (χ1n) is 8.28. The van der Waals surface area contributed by atoms with Gasteiger partial charge in [0.25, 0.3) is 5.91 Å². The maximum absolute atomic E-state index is 12.4. The molecule has 0 bridgehead atoms. The van der Waals surface area contributed by atoms with Gasteiger partial charge in [0.15, 0.2) is 0 Å². The standard InChI is InChI=1S/C19H21N3O3S/c1-4-22-10-17(13(2)21-22)20-19(23)18-9-14(12-26-18)11-25-16-7-5-15(24-3)6-8-16/h5-10,12H,4,11H2,1-3H3,(H,20,23). The fourth-order valence-electron chi connectivity index (χ4n) is 2.40. The quantitative estimate of drug-likeness (QED) is 0.679. The molecule has 1 amide bonds. The van der Waals surface area contributed by atoms with Gasteiger partial charge in [-0.2, -0.15) is 5.10 Å². The third kappa shape index (κ3) is 4.23. The van der Waals surface area contributed by atoms with Gasteiger partial charge in [-0.25, -0.2) is 0 Å². The van der Waals surface area contributed by atoms with E-state index in [2.05, 4.69) is 10.4 Å². The van der Waals surface area contributed by atoms with E-state index >= 15 is 0 Å². The van der Waals surface area contributed by atoms with Crippen molar-refractivity contribution >= 4 is 22.9 Å². The Morgan fingerprint density at radius 2 is 2.00 bits per heavy atom. The van der Waals surface area contributed by atoms with Crippen LogP contribution in [0.2, 0.25) is 0 Å². The average molecular weight is 371 g/mol. The van der Waals surface area contributed by atoms with Crippen LogP contribution in [0.1, 0.15) is 27.9 Å². The van der Waals surface area contributed by atoms with Crippen molar-refractivity contribution < 1.29 is 14.3 Å². The first kappa shape index (κ1) is 18.0. The summed E-state index contributed by atoms with van der Waals surface area (Å²) in [6.07, 6.45) is 1.84. The lowest BCUT2D eigenvalue weighted by Gasteiger charge is -2.05. The summed E-state index contributed by atoms with van der Waals surface area (Å²) >= 11 is 1.40. The third-order valence-electron chi connectivity index (χ3n) is 3.86. The van der Waals surface area contributed by atoms with Gasteiger partial charge in [0.1, 0.15) is 18.1 Å². The fraction of sp³-hybridized carbons (Fsp3) is 0.263. The number of hydrogen-bond acceptors (Lipinski definition) is 5. The lowest BCUT2D eigenvalue weighted by Crippen LogP contribution is -2.10. The molecule has 2 heterocycles. The first-order chi connectivity index (χ1) is 12.6. The number of amides is 1. The Morgan fingerprint density at radius 1 is 1.27 bits per heavy atom. The molecule has 0 aliphatic rings. The van der Waals surface area contributed by atoms with E-state index < -0.39 is 0 Å². The van der Waals surface area contributed by atoms with Crippen LogP contribution in [0.4, 0.5) is 5.69 Å². The Hall–Kier alpha value is -2.80. The highest BCUT2D eigenvalue weighted by Gasteiger charge is 2.13. The minimum atomic E-state index is -0.135. The van der Waals surface area contributed by atoms with E-state index in [4.69, 9.17) is 9.47 Å². The van der Waals surface area contributed by atoms with Gasteiger partial charge in [0.05, 0.1) is 23.4 Å². The molecule has 1 aromatic carbocycles. The number of hydrogen-bond donors (Lipinski definition) is 1. The molecule has 0 aliphatic heterocycles. The Balaban J connectivity index is 1.59. The van der Waals surface area contributed by atoms with Crippen molar-refractivity contribution in [1.29, 1.82) is 0 Å². The Morgan fingerprint density at radius 3 is 2.65 bits per heavy atom. The van der Waals surface area contributed by atoms with Crippen LogP contribution in [0.5, 0.6) is 11.5 Å². The number of ether oxygens (including phenoxy) is 2. The molecule has 0 radical (unpaired) electrons. The van der Waals surface area contributed by atoms with Crippen LogP contribution in [-0.2, 0) is 13.2 Å². The number of anilines is 1. The van der Waals surface area contributed by atoms with Crippen LogP contribution in [-0.4, -0.2) is 22.8 Å². The van der Waals surface area contributed by atoms with Crippen molar-refractivity contribution in [2.45, 2.75) is 27.0 Å². The second kappa shape index (κ2) is 8.05. The number of carbonyl (C=O) groups excluding carboxylic acids is 1. The Labute approximate surface area is 156 Å². The van der Waals surface area contributed by atoms with E-state index in [0.717, 1.165) is 35.0 Å². The minimum Gasteiger partial charge on any atom is -0.497 e. The molecule has 3 aromatic rings. The van der Waals surface area contributed by atoms with E-state index in [-0.39, 0.29) is 5.91 Å². The van der Waals surface area contributed by atoms with Crippen LogP contribution >= 0.6 is 11.3 Å². The molecule has 26 heavy (non-hydrogen) atoms. The monoisotopic (exact) mass is 371 g/mol. The van der Waals surface area contributed by atoms with Crippen LogP contribution in [0.25, 0.3) is 0 Å². The van der Waals surface area contributed by atoms with Gasteiger partial charge in [-0.05, 0) is 49.6 Å². The van der Waals surface area contributed by atoms with Crippen molar-refractivity contribution in [3.63, 3.8) is 0 Å². The molecule has 2 aromatic heterocycles. The van der Waals surface area contributed by atoms with Crippen LogP contribution < -0.4 is 14.8 Å². The summed E-state index contributed by atoms with van der Waals surface area (Å²) in [5.41, 5.74) is 2.50. The number of nitrogens with one attached hydrogen (secondary N) is 1. The molecule has 0 unspecified atom stereocenters. The second-order valence-corrected chi connectivity index (χ2v) is 6.63. The van der Waals surface area contributed by atoms with Gasteiger partial charge in [0.2, 0.25) is 0 Å². The summed E-state index contributed by atoms with van der Waals surface area (Å²) in [4.78, 5) is 13.1. The molecule has 1 N–H and O–H groups in total. The first-order valence-corrected chi connectivity index (χ1v) is 9.16. The van der Waals surface area contributed by atoms with E-state index in [1.807, 2.05) is 55.8 Å². The van der Waals surface area contributed by atoms with Crippen LogP contribution in [0.15, 0.2) is 41.9 Å². The number of carbonyl (C=O) groups is 1. The molecule has 0 saturated heterocycles. The number of nitrogens with zero attached hydrogens (tertiary/aromatic N) is 2. The topological polar surface area (TPSA) is 65.4 Å². The van der Waals surface area contributed by atoms with Gasteiger partial charge >= 0.3 is 0 Å². The van der Waals surface area contributed by atoms with E-state index in [0.29, 0.717) is 11.5 Å². The van der Waals surface area contributed by atoms with E-state index in [9.17, 15) is 4.79 Å². The molecule has 6 nitrogen and oxygen atoms in total. The highest BCUT2D eigenvalue weighted by molar-refractivity contribution is 7.12. The number of aryl methyl sites for hydroxylation is 2. The van der Waals surface area contributed by atoms with Crippen LogP contribution in [0, 0.1) is 6.92 Å². The molecule has 0 fully saturated rings. The van der Waals surface area contributed by atoms with E-state index in [1.165, 1.54) is 11.3 Å². The lowest BCUT2D eigenvalue weighted by atomic mass is 10.3. The van der Waals surface area contributed by atoms with Crippen LogP contribution in [0.3, 0.4) is 0 Å². The van der Waals surface area contributed by atoms with Gasteiger partial charge in [0, 0.05) is 18.3 Å². The number of aromatic nitrogens is 2. The normalized spacial score (nSPS) is 10.6. The lowest BCUT2D eigenvalue weighted by molar-refractivity contribution is 0.103. The zero-order valence-electron chi connectivity index (χ0n) is 15.0. The second-order valence-electron chi connectivity index (χ2n) is 5.72. The number of rotatable bonds is 7. The highest BCUT2D eigenvalue weighted by atomic mass is 32.1. The molecule has 7 heteroatoms. The van der Waals surface area contributed by atoms with Crippen molar-refractivity contribution in [3.8, 4) is 11.5 Å². The maximum atomic E-state index is 12.4. The van der Waals surface area contributed by atoms with Gasteiger partial charge in [-0.1, -0.05) is 0 Å². The molecule has 0 atom stereocenters. The number of methoxy groups -OCH3 is 1. The average Bonchev–Trinajstić information content (AvgIpc) is 3.27. The van der Waals surface area contributed by atoms with Gasteiger partial charge in [-0.15, -0.1) is 11.3 Å². The molecule has 136 valence electrons. The van der Waals surface area contributed by atoms with Gasteiger partial charge < -0.3 is 14.8 Å². The molecule has 0 aliphatic carbocycles. The predicted molar refractivity (Wildman–Crippen MR) is 102 cm³/mol. The molecule has 3 rings (SSSR count). The molecular formula is C19H21N3O3S. The predicted octanol–water partition coefficient (Wildman–Crippen LogP) is 4.11. The fourth-order valence-corrected chi connectivity index (χ4v) is 3.19. The van der Waals surface area contributed by atoms with Crippen molar-refractivity contribution in [3.05, 3.63) is 58.0 Å². The zero-order valence-corrected chi connectivity index (χ0v) is 15.8. The summed E-state index contributed by atoms with van der Waals surface area (Å²) < 4.78 is 12.7. The SMILES string of the molecule is CCn1cc(NC(=O)c2cc(COc3ccc(OC)cc3)cs2)c(C)n1. The summed E-state index contributed by atoms with van der Waals surface area (Å²) in [5.74, 6) is 1.41. The zero-order chi connectivity index (χ0) is 18.5. The summed E-state index contributed by atoms with van der Waals surface area (Å²) in [6, 6.07) is 9.25. The van der Waals surface area contributed by atoms with Gasteiger partial charge in [-0.3, -0.25) is 9.48 Å². The molecule has 0 saturated carbocycles. The van der Waals surface area contributed by atoms with Crippen molar-refractivity contribution in [2.24, 2.45) is 0 Å². The number of benzene rings is 1. The number of thiophene rings is 1.